The Morgan fingerprint density at radius 1 is 1.21 bits per heavy atom. The fourth-order valence-electron chi connectivity index (χ4n) is 2.96. The zero-order valence-electron chi connectivity index (χ0n) is 15.2. The first-order chi connectivity index (χ1) is 11.7. The van der Waals surface area contributed by atoms with E-state index in [9.17, 15) is 4.79 Å². The van der Waals surface area contributed by atoms with Crippen molar-refractivity contribution in [1.82, 2.24) is 14.8 Å². The fraction of sp³-hybridized carbons (Fsp3) is 0.684. The lowest BCUT2D eigenvalue weighted by Gasteiger charge is -2.30. The number of carbonyl (C=O) groups is 1. The lowest BCUT2D eigenvalue weighted by molar-refractivity contribution is 0.0323. The van der Waals surface area contributed by atoms with Crippen LogP contribution in [0.4, 0.5) is 0 Å². The van der Waals surface area contributed by atoms with E-state index >= 15 is 0 Å². The molecule has 1 amide bonds. The molecule has 0 atom stereocenters. The Kier molecular flexibility index (Phi) is 8.19. The molecule has 0 unspecified atom stereocenters. The summed E-state index contributed by atoms with van der Waals surface area (Å²) >= 11 is 0. The van der Waals surface area contributed by atoms with Crippen molar-refractivity contribution in [3.8, 4) is 0 Å². The molecule has 1 aliphatic rings. The molecule has 1 aliphatic heterocycles. The van der Waals surface area contributed by atoms with Crippen molar-refractivity contribution in [2.75, 3.05) is 45.9 Å². The quantitative estimate of drug-likeness (QED) is 0.652. The molecule has 1 saturated heterocycles. The first kappa shape index (κ1) is 18.9. The maximum Gasteiger partial charge on any atom is 0.272 e. The Bertz CT molecular complexity index is 501. The van der Waals surface area contributed by atoms with E-state index in [0.29, 0.717) is 5.69 Å². The van der Waals surface area contributed by atoms with Gasteiger partial charge >= 0.3 is 0 Å². The summed E-state index contributed by atoms with van der Waals surface area (Å²) in [4.78, 5) is 21.6. The number of rotatable bonds is 9. The Morgan fingerprint density at radius 3 is 2.71 bits per heavy atom. The predicted molar refractivity (Wildman–Crippen MR) is 96.3 cm³/mol. The van der Waals surface area contributed by atoms with Crippen LogP contribution in [0.25, 0.3) is 0 Å². The van der Waals surface area contributed by atoms with Crippen LogP contribution in [0.15, 0.2) is 18.2 Å². The van der Waals surface area contributed by atoms with Crippen LogP contribution in [0, 0.1) is 6.92 Å². The standard InChI is InChI=1S/C19H31N3O2/c1-3-4-5-6-10-22(12-11-21-13-15-24-16-14-21)19(23)18-9-7-8-17(2)20-18/h7-9H,3-6,10-16H2,1-2H3. The summed E-state index contributed by atoms with van der Waals surface area (Å²) in [6.45, 7) is 10.1. The SMILES string of the molecule is CCCCCCN(CCN1CCOCC1)C(=O)c1cccc(C)n1. The van der Waals surface area contributed by atoms with Crippen molar-refractivity contribution in [2.24, 2.45) is 0 Å². The van der Waals surface area contributed by atoms with Gasteiger partial charge in [0.1, 0.15) is 5.69 Å². The van der Waals surface area contributed by atoms with Gasteiger partial charge < -0.3 is 9.64 Å². The second-order valence-corrected chi connectivity index (χ2v) is 6.47. The van der Waals surface area contributed by atoms with Gasteiger partial charge in [-0.25, -0.2) is 4.98 Å². The van der Waals surface area contributed by atoms with Gasteiger partial charge in [-0.1, -0.05) is 32.3 Å². The van der Waals surface area contributed by atoms with E-state index in [1.807, 2.05) is 30.0 Å². The molecule has 24 heavy (non-hydrogen) atoms. The van der Waals surface area contributed by atoms with Crippen LogP contribution < -0.4 is 0 Å². The molecule has 1 aromatic rings. The van der Waals surface area contributed by atoms with E-state index in [-0.39, 0.29) is 5.91 Å². The Hall–Kier alpha value is -1.46. The van der Waals surface area contributed by atoms with Gasteiger partial charge in [0.2, 0.25) is 0 Å². The van der Waals surface area contributed by atoms with Gasteiger partial charge in [0.05, 0.1) is 13.2 Å². The molecule has 0 N–H and O–H groups in total. The maximum absolute atomic E-state index is 12.9. The maximum atomic E-state index is 12.9. The first-order valence-electron chi connectivity index (χ1n) is 9.23. The minimum absolute atomic E-state index is 0.0588. The van der Waals surface area contributed by atoms with Crippen LogP contribution in [-0.2, 0) is 4.74 Å². The second kappa shape index (κ2) is 10.4. The highest BCUT2D eigenvalue weighted by molar-refractivity contribution is 5.92. The van der Waals surface area contributed by atoms with Gasteiger partial charge in [-0.2, -0.15) is 0 Å². The van der Waals surface area contributed by atoms with Gasteiger partial charge in [-0.05, 0) is 25.5 Å². The summed E-state index contributed by atoms with van der Waals surface area (Å²) in [5.41, 5.74) is 1.45. The minimum atomic E-state index is 0.0588. The molecule has 5 heteroatoms. The summed E-state index contributed by atoms with van der Waals surface area (Å²) in [5.74, 6) is 0.0588. The normalized spacial score (nSPS) is 15.4. The molecule has 0 aliphatic carbocycles. The Morgan fingerprint density at radius 2 is 2.00 bits per heavy atom. The van der Waals surface area contributed by atoms with Crippen molar-refractivity contribution < 1.29 is 9.53 Å². The number of hydrogen-bond donors (Lipinski definition) is 0. The van der Waals surface area contributed by atoms with Gasteiger partial charge in [0.15, 0.2) is 0 Å². The molecule has 5 nitrogen and oxygen atoms in total. The summed E-state index contributed by atoms with van der Waals surface area (Å²) in [7, 11) is 0. The first-order valence-corrected chi connectivity index (χ1v) is 9.23. The highest BCUT2D eigenvalue weighted by atomic mass is 16.5. The number of carbonyl (C=O) groups excluding carboxylic acids is 1. The molecule has 0 saturated carbocycles. The zero-order chi connectivity index (χ0) is 17.2. The molecule has 2 rings (SSSR count). The molecular weight excluding hydrogens is 302 g/mol. The molecule has 0 bridgehead atoms. The number of nitrogens with zero attached hydrogens (tertiary/aromatic N) is 3. The highest BCUT2D eigenvalue weighted by Gasteiger charge is 2.19. The molecule has 2 heterocycles. The van der Waals surface area contributed by atoms with E-state index in [2.05, 4.69) is 16.8 Å². The number of morpholine rings is 1. The second-order valence-electron chi connectivity index (χ2n) is 6.47. The summed E-state index contributed by atoms with van der Waals surface area (Å²) in [5, 5.41) is 0. The predicted octanol–water partition coefficient (Wildman–Crippen LogP) is 2.74. The monoisotopic (exact) mass is 333 g/mol. The van der Waals surface area contributed by atoms with E-state index in [1.54, 1.807) is 0 Å². The molecular formula is C19H31N3O2. The number of pyridine rings is 1. The van der Waals surface area contributed by atoms with Crippen molar-refractivity contribution in [3.05, 3.63) is 29.6 Å². The third-order valence-electron chi connectivity index (χ3n) is 4.47. The number of hydrogen-bond acceptors (Lipinski definition) is 4. The van der Waals surface area contributed by atoms with Crippen LogP contribution >= 0.6 is 0 Å². The van der Waals surface area contributed by atoms with Gasteiger partial charge in [-0.15, -0.1) is 0 Å². The summed E-state index contributed by atoms with van der Waals surface area (Å²) < 4.78 is 5.40. The molecule has 1 fully saturated rings. The van der Waals surface area contributed by atoms with Crippen molar-refractivity contribution in [1.29, 1.82) is 0 Å². The van der Waals surface area contributed by atoms with Crippen molar-refractivity contribution >= 4 is 5.91 Å². The van der Waals surface area contributed by atoms with Crippen molar-refractivity contribution in [3.63, 3.8) is 0 Å². The van der Waals surface area contributed by atoms with Gasteiger partial charge in [0.25, 0.3) is 5.91 Å². The number of unbranched alkanes of at least 4 members (excludes halogenated alkanes) is 3. The Balaban J connectivity index is 1.93. The molecule has 134 valence electrons. The van der Waals surface area contributed by atoms with Crippen LogP contribution in [0.3, 0.4) is 0 Å². The highest BCUT2D eigenvalue weighted by Crippen LogP contribution is 2.08. The number of amides is 1. The zero-order valence-corrected chi connectivity index (χ0v) is 15.2. The molecule has 0 spiro atoms. The minimum Gasteiger partial charge on any atom is -0.379 e. The lowest BCUT2D eigenvalue weighted by atomic mass is 10.2. The molecule has 0 aromatic carbocycles. The average molecular weight is 333 g/mol. The molecule has 0 radical (unpaired) electrons. The number of aromatic nitrogens is 1. The van der Waals surface area contributed by atoms with Crippen molar-refractivity contribution in [2.45, 2.75) is 39.5 Å². The summed E-state index contributed by atoms with van der Waals surface area (Å²) in [6.07, 6.45) is 4.68. The van der Waals surface area contributed by atoms with Crippen LogP contribution in [0.5, 0.6) is 0 Å². The third kappa shape index (κ3) is 6.21. The van der Waals surface area contributed by atoms with Crippen LogP contribution in [0.2, 0.25) is 0 Å². The fourth-order valence-corrected chi connectivity index (χ4v) is 2.96. The van der Waals surface area contributed by atoms with E-state index in [0.717, 1.165) is 58.1 Å². The molecule has 1 aromatic heterocycles. The third-order valence-corrected chi connectivity index (χ3v) is 4.47. The van der Waals surface area contributed by atoms with Crippen LogP contribution in [-0.4, -0.2) is 66.6 Å². The number of ether oxygens (including phenoxy) is 1. The largest absolute Gasteiger partial charge is 0.379 e. The lowest BCUT2D eigenvalue weighted by Crippen LogP contribution is -2.43. The average Bonchev–Trinajstić information content (AvgIpc) is 2.61. The van der Waals surface area contributed by atoms with Gasteiger partial charge in [-0.3, -0.25) is 9.69 Å². The number of aryl methyl sites for hydroxylation is 1. The topological polar surface area (TPSA) is 45.7 Å². The van der Waals surface area contributed by atoms with Gasteiger partial charge in [0, 0.05) is 38.4 Å². The Labute approximate surface area is 146 Å². The van der Waals surface area contributed by atoms with E-state index < -0.39 is 0 Å². The summed E-state index contributed by atoms with van der Waals surface area (Å²) in [6, 6.07) is 5.66. The smallest absolute Gasteiger partial charge is 0.272 e. The van der Waals surface area contributed by atoms with Crippen LogP contribution in [0.1, 0.15) is 48.8 Å². The van der Waals surface area contributed by atoms with E-state index in [4.69, 9.17) is 4.74 Å². The van der Waals surface area contributed by atoms with E-state index in [1.165, 1.54) is 19.3 Å².